The van der Waals surface area contributed by atoms with E-state index in [0.29, 0.717) is 12.0 Å². The minimum Gasteiger partial charge on any atom is -0.358 e. The minimum atomic E-state index is -0.0515. The summed E-state index contributed by atoms with van der Waals surface area (Å²) in [7, 11) is 1.72. The van der Waals surface area contributed by atoms with Gasteiger partial charge in [-0.2, -0.15) is 0 Å². The maximum Gasteiger partial charge on any atom is 0.236 e. The number of nitrogens with one attached hydrogen (secondary N) is 2. The number of rotatable bonds is 7. The summed E-state index contributed by atoms with van der Waals surface area (Å²) < 4.78 is 0. The van der Waals surface area contributed by atoms with Gasteiger partial charge in [-0.15, -0.1) is 0 Å². The summed E-state index contributed by atoms with van der Waals surface area (Å²) in [5.74, 6) is 0.647. The monoisotopic (exact) mass is 295 g/mol. The second-order valence-electron chi connectivity index (χ2n) is 6.82. The average molecular weight is 295 g/mol. The van der Waals surface area contributed by atoms with Gasteiger partial charge in [-0.3, -0.25) is 9.69 Å². The molecule has 1 unspecified atom stereocenters. The van der Waals surface area contributed by atoms with Gasteiger partial charge in [0.2, 0.25) is 5.91 Å². The first-order valence-corrected chi connectivity index (χ1v) is 8.25. The summed E-state index contributed by atoms with van der Waals surface area (Å²) in [5.41, 5.74) is 1.38. The standard InChI is InChI=1S/C17H33N3O/c1-13(2)6-9-20-10-7-15(8-11-20)19-16(12-14(3)4)17(21)18-5/h6,14-16,19H,7-12H2,1-5H3,(H,18,21). The number of amides is 1. The molecule has 2 N–H and O–H groups in total. The molecule has 0 aromatic heterocycles. The highest BCUT2D eigenvalue weighted by atomic mass is 16.2. The van der Waals surface area contributed by atoms with Crippen LogP contribution in [0.25, 0.3) is 0 Å². The van der Waals surface area contributed by atoms with Gasteiger partial charge in [0.1, 0.15) is 0 Å². The van der Waals surface area contributed by atoms with E-state index in [-0.39, 0.29) is 11.9 Å². The molecule has 1 saturated heterocycles. The van der Waals surface area contributed by atoms with Crippen molar-refractivity contribution in [3.63, 3.8) is 0 Å². The van der Waals surface area contributed by atoms with E-state index in [2.05, 4.69) is 49.3 Å². The van der Waals surface area contributed by atoms with Gasteiger partial charge < -0.3 is 10.6 Å². The van der Waals surface area contributed by atoms with Crippen LogP contribution in [-0.4, -0.2) is 49.6 Å². The van der Waals surface area contributed by atoms with Gasteiger partial charge >= 0.3 is 0 Å². The Balaban J connectivity index is 2.41. The summed E-state index contributed by atoms with van der Waals surface area (Å²) in [6, 6.07) is 0.415. The molecule has 1 aliphatic rings. The number of nitrogens with zero attached hydrogens (tertiary/aromatic N) is 1. The van der Waals surface area contributed by atoms with Gasteiger partial charge in [-0.05, 0) is 52.1 Å². The lowest BCUT2D eigenvalue weighted by Gasteiger charge is -2.34. The molecule has 4 heteroatoms. The van der Waals surface area contributed by atoms with Gasteiger partial charge in [0.05, 0.1) is 6.04 Å². The maximum atomic E-state index is 12.0. The van der Waals surface area contributed by atoms with Crippen LogP contribution in [0, 0.1) is 5.92 Å². The van der Waals surface area contributed by atoms with Crippen molar-refractivity contribution in [1.82, 2.24) is 15.5 Å². The van der Waals surface area contributed by atoms with Gasteiger partial charge in [0, 0.05) is 19.6 Å². The van der Waals surface area contributed by atoms with E-state index in [1.807, 2.05) is 0 Å². The molecular weight excluding hydrogens is 262 g/mol. The molecule has 21 heavy (non-hydrogen) atoms. The SMILES string of the molecule is CNC(=O)C(CC(C)C)NC1CCN(CC=C(C)C)CC1. The zero-order valence-corrected chi connectivity index (χ0v) is 14.4. The highest BCUT2D eigenvalue weighted by molar-refractivity contribution is 5.81. The van der Waals surface area contributed by atoms with Crippen LogP contribution in [0.1, 0.15) is 47.0 Å². The van der Waals surface area contributed by atoms with Crippen molar-refractivity contribution in [1.29, 1.82) is 0 Å². The van der Waals surface area contributed by atoms with Crippen molar-refractivity contribution in [3.05, 3.63) is 11.6 Å². The molecule has 1 amide bonds. The first-order chi connectivity index (χ1) is 9.92. The van der Waals surface area contributed by atoms with Crippen molar-refractivity contribution >= 4 is 5.91 Å². The third-order valence-electron chi connectivity index (χ3n) is 4.05. The van der Waals surface area contributed by atoms with Crippen LogP contribution < -0.4 is 10.6 Å². The molecule has 0 aromatic rings. The van der Waals surface area contributed by atoms with Crippen LogP contribution in [0.4, 0.5) is 0 Å². The second kappa shape index (κ2) is 9.21. The second-order valence-corrected chi connectivity index (χ2v) is 6.82. The number of piperidine rings is 1. The lowest BCUT2D eigenvalue weighted by molar-refractivity contribution is -0.123. The average Bonchev–Trinajstić information content (AvgIpc) is 2.44. The number of likely N-dealkylation sites (tertiary alicyclic amines) is 1. The number of carbonyl (C=O) groups is 1. The van der Waals surface area contributed by atoms with E-state index >= 15 is 0 Å². The van der Waals surface area contributed by atoms with Crippen molar-refractivity contribution in [2.75, 3.05) is 26.7 Å². The van der Waals surface area contributed by atoms with Gasteiger partial charge in [0.15, 0.2) is 0 Å². The summed E-state index contributed by atoms with van der Waals surface area (Å²) in [4.78, 5) is 14.5. The van der Waals surface area contributed by atoms with Gasteiger partial charge in [0.25, 0.3) is 0 Å². The number of likely N-dealkylation sites (N-methyl/N-ethyl adjacent to an activating group) is 1. The lowest BCUT2D eigenvalue weighted by atomic mass is 9.99. The third-order valence-corrected chi connectivity index (χ3v) is 4.05. The summed E-state index contributed by atoms with van der Waals surface area (Å²) in [5, 5.41) is 6.35. The Morgan fingerprint density at radius 1 is 1.29 bits per heavy atom. The highest BCUT2D eigenvalue weighted by Gasteiger charge is 2.25. The van der Waals surface area contributed by atoms with Crippen molar-refractivity contribution in [2.24, 2.45) is 5.92 Å². The van der Waals surface area contributed by atoms with E-state index in [4.69, 9.17) is 0 Å². The van der Waals surface area contributed by atoms with Gasteiger partial charge in [-0.25, -0.2) is 0 Å². The van der Waals surface area contributed by atoms with E-state index in [9.17, 15) is 4.79 Å². The summed E-state index contributed by atoms with van der Waals surface area (Å²) in [6.07, 6.45) is 5.45. The molecule has 0 bridgehead atoms. The number of carbonyl (C=O) groups excluding carboxylic acids is 1. The molecule has 122 valence electrons. The predicted molar refractivity (Wildman–Crippen MR) is 89.3 cm³/mol. The number of hydrogen-bond donors (Lipinski definition) is 2. The molecule has 4 nitrogen and oxygen atoms in total. The van der Waals surface area contributed by atoms with Gasteiger partial charge in [-0.1, -0.05) is 25.5 Å². The molecule has 0 radical (unpaired) electrons. The van der Waals surface area contributed by atoms with Crippen LogP contribution >= 0.6 is 0 Å². The number of allylic oxidation sites excluding steroid dienone is 1. The van der Waals surface area contributed by atoms with Crippen LogP contribution in [0.15, 0.2) is 11.6 Å². The van der Waals surface area contributed by atoms with Crippen LogP contribution in [-0.2, 0) is 4.79 Å². The Bertz CT molecular complexity index is 340. The van der Waals surface area contributed by atoms with E-state index in [1.165, 1.54) is 5.57 Å². The molecule has 1 fully saturated rings. The normalized spacial score (nSPS) is 18.6. The Morgan fingerprint density at radius 3 is 2.38 bits per heavy atom. The molecule has 1 heterocycles. The van der Waals surface area contributed by atoms with Crippen LogP contribution in [0.2, 0.25) is 0 Å². The van der Waals surface area contributed by atoms with E-state index in [1.54, 1.807) is 7.05 Å². The van der Waals surface area contributed by atoms with E-state index in [0.717, 1.165) is 38.9 Å². The zero-order chi connectivity index (χ0) is 15.8. The summed E-state index contributed by atoms with van der Waals surface area (Å²) >= 11 is 0. The largest absolute Gasteiger partial charge is 0.358 e. The van der Waals surface area contributed by atoms with E-state index < -0.39 is 0 Å². The number of hydrogen-bond acceptors (Lipinski definition) is 3. The fraction of sp³-hybridized carbons (Fsp3) is 0.824. The molecule has 1 rings (SSSR count). The van der Waals surface area contributed by atoms with Crippen molar-refractivity contribution < 1.29 is 4.79 Å². The molecular formula is C17H33N3O. The fourth-order valence-electron chi connectivity index (χ4n) is 2.77. The Labute approximate surface area is 130 Å². The molecule has 0 aliphatic carbocycles. The minimum absolute atomic E-state index is 0.0515. The summed E-state index contributed by atoms with van der Waals surface area (Å²) in [6.45, 7) is 11.9. The smallest absolute Gasteiger partial charge is 0.236 e. The zero-order valence-electron chi connectivity index (χ0n) is 14.4. The first-order valence-electron chi connectivity index (χ1n) is 8.25. The van der Waals surface area contributed by atoms with Crippen LogP contribution in [0.3, 0.4) is 0 Å². The Hall–Kier alpha value is -0.870. The topological polar surface area (TPSA) is 44.4 Å². The van der Waals surface area contributed by atoms with Crippen molar-refractivity contribution in [3.8, 4) is 0 Å². The maximum absolute atomic E-state index is 12.0. The molecule has 0 aromatic carbocycles. The molecule has 1 atom stereocenters. The fourth-order valence-corrected chi connectivity index (χ4v) is 2.77. The predicted octanol–water partition coefficient (Wildman–Crippen LogP) is 2.17. The van der Waals surface area contributed by atoms with Crippen LogP contribution in [0.5, 0.6) is 0 Å². The Morgan fingerprint density at radius 2 is 1.90 bits per heavy atom. The third kappa shape index (κ3) is 7.09. The molecule has 1 aliphatic heterocycles. The highest BCUT2D eigenvalue weighted by Crippen LogP contribution is 2.13. The lowest BCUT2D eigenvalue weighted by Crippen LogP contribution is -2.51. The van der Waals surface area contributed by atoms with Crippen molar-refractivity contribution in [2.45, 2.75) is 59.0 Å². The molecule has 0 spiro atoms. The molecule has 0 saturated carbocycles. The first kappa shape index (κ1) is 18.2. The quantitative estimate of drug-likeness (QED) is 0.708. The Kier molecular flexibility index (Phi) is 7.97.